The molecule has 0 aromatic heterocycles. The number of methoxy groups -OCH3 is 1. The van der Waals surface area contributed by atoms with Crippen LogP contribution in [0.5, 0.6) is 5.75 Å². The second-order valence-corrected chi connectivity index (χ2v) is 5.68. The molecule has 0 spiro atoms. The average molecular weight is 295 g/mol. The summed E-state index contributed by atoms with van der Waals surface area (Å²) in [4.78, 5) is 25.8. The molecule has 2 rings (SSSR count). The van der Waals surface area contributed by atoms with Gasteiger partial charge in [-0.05, 0) is 31.2 Å². The number of carbonyl (C=O) groups excluding carboxylic acids is 2. The van der Waals surface area contributed by atoms with Crippen molar-refractivity contribution < 1.29 is 14.3 Å². The van der Waals surface area contributed by atoms with E-state index < -0.39 is 5.25 Å². The summed E-state index contributed by atoms with van der Waals surface area (Å²) >= 11 is 6.24. The molecule has 0 unspecified atom stereocenters. The van der Waals surface area contributed by atoms with E-state index in [4.69, 9.17) is 17.0 Å². The van der Waals surface area contributed by atoms with Gasteiger partial charge in [-0.15, -0.1) is 0 Å². The van der Waals surface area contributed by atoms with Crippen LogP contribution in [0.1, 0.15) is 17.3 Å². The first-order chi connectivity index (χ1) is 9.08. The van der Waals surface area contributed by atoms with Gasteiger partial charge in [-0.1, -0.05) is 24.0 Å². The highest BCUT2D eigenvalue weighted by molar-refractivity contribution is 8.24. The van der Waals surface area contributed by atoms with Gasteiger partial charge in [-0.3, -0.25) is 14.5 Å². The molecule has 1 fully saturated rings. The molecule has 0 bridgehead atoms. The van der Waals surface area contributed by atoms with Crippen molar-refractivity contribution in [3.63, 3.8) is 0 Å². The summed E-state index contributed by atoms with van der Waals surface area (Å²) in [5.41, 5.74) is 0.493. The molecule has 1 heterocycles. The molecule has 1 aromatic rings. The van der Waals surface area contributed by atoms with E-state index in [-0.39, 0.29) is 11.7 Å². The fourth-order valence-electron chi connectivity index (χ4n) is 1.80. The number of Topliss-reactive ketones (excluding diaryl/α,β-unsaturated/α-hetero) is 1. The van der Waals surface area contributed by atoms with E-state index in [2.05, 4.69) is 0 Å². The molecule has 1 aromatic carbocycles. The number of hydrogen-bond donors (Lipinski definition) is 0. The minimum absolute atomic E-state index is 0.212. The van der Waals surface area contributed by atoms with Crippen molar-refractivity contribution in [3.8, 4) is 5.75 Å². The highest BCUT2D eigenvalue weighted by Crippen LogP contribution is 2.30. The molecule has 1 amide bonds. The van der Waals surface area contributed by atoms with Crippen LogP contribution < -0.4 is 4.74 Å². The van der Waals surface area contributed by atoms with Crippen LogP contribution in [0.4, 0.5) is 0 Å². The Morgan fingerprint density at radius 2 is 2.05 bits per heavy atom. The van der Waals surface area contributed by atoms with Gasteiger partial charge in [-0.25, -0.2) is 0 Å². The van der Waals surface area contributed by atoms with Crippen LogP contribution in [0.3, 0.4) is 0 Å². The summed E-state index contributed by atoms with van der Waals surface area (Å²) in [6.07, 6.45) is 0. The number of hydrogen-bond acceptors (Lipinski definition) is 5. The largest absolute Gasteiger partial charge is 0.497 e. The fourth-order valence-corrected chi connectivity index (χ4v) is 3.33. The standard InChI is InChI=1S/C13H13NO3S2/c1-3-14-12(16)11(19-13(14)18)10(15)8-4-6-9(17-2)7-5-8/h4-7,11H,3H2,1-2H3/t11-/m0/s1. The summed E-state index contributed by atoms with van der Waals surface area (Å²) in [5, 5.41) is -0.749. The Bertz CT molecular complexity index is 527. The Hall–Kier alpha value is -1.40. The number of rotatable bonds is 4. The van der Waals surface area contributed by atoms with Crippen LogP contribution >= 0.6 is 24.0 Å². The Morgan fingerprint density at radius 1 is 1.42 bits per heavy atom. The molecule has 0 saturated carbocycles. The molecule has 1 atom stereocenters. The minimum atomic E-state index is -0.749. The number of ketones is 1. The summed E-state index contributed by atoms with van der Waals surface area (Å²) in [5.74, 6) is 0.238. The molecule has 1 saturated heterocycles. The van der Waals surface area contributed by atoms with Crippen LogP contribution in [0.2, 0.25) is 0 Å². The van der Waals surface area contributed by atoms with E-state index >= 15 is 0 Å². The van der Waals surface area contributed by atoms with Crippen molar-refractivity contribution in [1.29, 1.82) is 0 Å². The zero-order valence-corrected chi connectivity index (χ0v) is 12.2. The minimum Gasteiger partial charge on any atom is -0.497 e. The van der Waals surface area contributed by atoms with Crippen molar-refractivity contribution in [2.45, 2.75) is 12.2 Å². The molecule has 1 aliphatic heterocycles. The lowest BCUT2D eigenvalue weighted by Gasteiger charge is -2.11. The maximum Gasteiger partial charge on any atom is 0.249 e. The second kappa shape index (κ2) is 5.71. The molecule has 0 radical (unpaired) electrons. The predicted molar refractivity (Wildman–Crippen MR) is 78.7 cm³/mol. The number of thiocarbonyl (C=S) groups is 1. The van der Waals surface area contributed by atoms with E-state index in [1.54, 1.807) is 31.4 Å². The van der Waals surface area contributed by atoms with Gasteiger partial charge in [0, 0.05) is 12.1 Å². The van der Waals surface area contributed by atoms with Gasteiger partial charge in [0.2, 0.25) is 5.91 Å². The fraction of sp³-hybridized carbons (Fsp3) is 0.308. The van der Waals surface area contributed by atoms with Crippen LogP contribution in [0.15, 0.2) is 24.3 Å². The zero-order valence-electron chi connectivity index (χ0n) is 10.6. The first-order valence-electron chi connectivity index (χ1n) is 5.78. The third-order valence-corrected chi connectivity index (χ3v) is 4.44. The summed E-state index contributed by atoms with van der Waals surface area (Å²) in [6.45, 7) is 2.34. The second-order valence-electron chi connectivity index (χ2n) is 3.94. The molecule has 19 heavy (non-hydrogen) atoms. The lowest BCUT2D eigenvalue weighted by molar-refractivity contribution is -0.125. The first-order valence-corrected chi connectivity index (χ1v) is 7.07. The summed E-state index contributed by atoms with van der Waals surface area (Å²) in [7, 11) is 1.56. The van der Waals surface area contributed by atoms with E-state index in [0.29, 0.717) is 22.2 Å². The lowest BCUT2D eigenvalue weighted by atomic mass is 10.1. The normalized spacial score (nSPS) is 18.8. The van der Waals surface area contributed by atoms with E-state index in [9.17, 15) is 9.59 Å². The van der Waals surface area contributed by atoms with Gasteiger partial charge < -0.3 is 4.74 Å². The smallest absolute Gasteiger partial charge is 0.249 e. The van der Waals surface area contributed by atoms with E-state index in [0.717, 1.165) is 11.8 Å². The SMILES string of the molecule is CCN1C(=O)[C@H](C(=O)c2ccc(OC)cc2)SC1=S. The van der Waals surface area contributed by atoms with E-state index in [1.165, 1.54) is 4.90 Å². The zero-order chi connectivity index (χ0) is 14.0. The van der Waals surface area contributed by atoms with Gasteiger partial charge in [0.15, 0.2) is 11.0 Å². The number of thioether (sulfide) groups is 1. The van der Waals surface area contributed by atoms with Crippen molar-refractivity contribution in [2.24, 2.45) is 0 Å². The maximum absolute atomic E-state index is 12.3. The molecule has 1 aliphatic rings. The molecule has 0 N–H and O–H groups in total. The molecule has 4 nitrogen and oxygen atoms in total. The van der Waals surface area contributed by atoms with Crippen LogP contribution in [0.25, 0.3) is 0 Å². The van der Waals surface area contributed by atoms with Crippen molar-refractivity contribution in [2.75, 3.05) is 13.7 Å². The van der Waals surface area contributed by atoms with Gasteiger partial charge in [-0.2, -0.15) is 0 Å². The average Bonchev–Trinajstić information content (AvgIpc) is 2.72. The Labute approximate surface area is 121 Å². The number of nitrogens with zero attached hydrogens (tertiary/aromatic N) is 1. The molecular formula is C13H13NO3S2. The molecule has 100 valence electrons. The van der Waals surface area contributed by atoms with Crippen molar-refractivity contribution >= 4 is 40.0 Å². The predicted octanol–water partition coefficient (Wildman–Crippen LogP) is 2.13. The van der Waals surface area contributed by atoms with E-state index in [1.807, 2.05) is 6.92 Å². The number of ether oxygens (including phenoxy) is 1. The highest BCUT2D eigenvalue weighted by Gasteiger charge is 2.40. The van der Waals surface area contributed by atoms with Gasteiger partial charge >= 0.3 is 0 Å². The lowest BCUT2D eigenvalue weighted by Crippen LogP contribution is -2.34. The van der Waals surface area contributed by atoms with Gasteiger partial charge in [0.05, 0.1) is 7.11 Å². The Balaban J connectivity index is 2.20. The number of benzene rings is 1. The van der Waals surface area contributed by atoms with Crippen LogP contribution in [-0.2, 0) is 4.79 Å². The summed E-state index contributed by atoms with van der Waals surface area (Å²) < 4.78 is 5.51. The third kappa shape index (κ3) is 2.64. The van der Waals surface area contributed by atoms with Crippen molar-refractivity contribution in [3.05, 3.63) is 29.8 Å². The van der Waals surface area contributed by atoms with Gasteiger partial charge in [0.1, 0.15) is 10.1 Å². The number of carbonyl (C=O) groups is 2. The van der Waals surface area contributed by atoms with Crippen molar-refractivity contribution in [1.82, 2.24) is 4.90 Å². The number of amides is 1. The topological polar surface area (TPSA) is 46.6 Å². The van der Waals surface area contributed by atoms with Crippen LogP contribution in [-0.4, -0.2) is 39.8 Å². The maximum atomic E-state index is 12.3. The quantitative estimate of drug-likeness (QED) is 0.484. The monoisotopic (exact) mass is 295 g/mol. The molecule has 0 aliphatic carbocycles. The first kappa shape index (κ1) is 14.0. The third-order valence-electron chi connectivity index (χ3n) is 2.86. The Morgan fingerprint density at radius 3 is 2.53 bits per heavy atom. The van der Waals surface area contributed by atoms with Gasteiger partial charge in [0.25, 0.3) is 0 Å². The molecule has 6 heteroatoms. The summed E-state index contributed by atoms with van der Waals surface area (Å²) in [6, 6.07) is 6.72. The highest BCUT2D eigenvalue weighted by atomic mass is 32.2. The van der Waals surface area contributed by atoms with Crippen LogP contribution in [0, 0.1) is 0 Å². The Kier molecular flexibility index (Phi) is 4.21. The molecular weight excluding hydrogens is 282 g/mol.